The fourth-order valence-electron chi connectivity index (χ4n) is 3.84. The Balaban J connectivity index is 1.09. The number of aromatic nitrogens is 2. The molecule has 2 aromatic carbocycles. The molecule has 11 nitrogen and oxygen atoms in total. The molecule has 0 saturated carbocycles. The smallest absolute Gasteiger partial charge is 0.445 e. The molecule has 3 heterocycles. The summed E-state index contributed by atoms with van der Waals surface area (Å²) in [7, 11) is 0. The number of fused-ring (bicyclic) bond motifs is 1. The second kappa shape index (κ2) is 10.7. The highest BCUT2D eigenvalue weighted by atomic mass is 32.1. The normalized spacial score (nSPS) is 13.9. The van der Waals surface area contributed by atoms with Gasteiger partial charge in [0.1, 0.15) is 18.1 Å². The highest BCUT2D eigenvalue weighted by Gasteiger charge is 2.31. The largest absolute Gasteiger partial charge is 0.573 e. The number of benzene rings is 2. The van der Waals surface area contributed by atoms with E-state index >= 15 is 0 Å². The molecule has 2 amide bonds. The summed E-state index contributed by atoms with van der Waals surface area (Å²) in [6.07, 6.45) is -5.32. The van der Waals surface area contributed by atoms with Crippen LogP contribution >= 0.6 is 11.3 Å². The van der Waals surface area contributed by atoms with Crippen molar-refractivity contribution >= 4 is 45.3 Å². The Kier molecular flexibility index (Phi) is 7.15. The van der Waals surface area contributed by atoms with Crippen molar-refractivity contribution in [2.24, 2.45) is 0 Å². The number of hydrogen-bond acceptors (Lipinski definition) is 9. The standard InChI is InChI=1S/C24H20F3N5O6S/c25-24(26,27)38-16-4-1-14(2-5-16)12-36-23(35)32-9-7-31(8-10-32)21-29-18(13-39-21)20(33)28-15-3-6-17-19(11-15)37-22(34)30-17/h1-6,11,13H,7-10,12H2,(H,28,33)(H,30,34). The number of halogens is 3. The zero-order valence-electron chi connectivity index (χ0n) is 20.0. The third kappa shape index (κ3) is 6.49. The van der Waals surface area contributed by atoms with Gasteiger partial charge >= 0.3 is 18.2 Å². The number of nitrogens with one attached hydrogen (secondary N) is 2. The Bertz CT molecular complexity index is 1540. The lowest BCUT2D eigenvalue weighted by molar-refractivity contribution is -0.274. The Morgan fingerprint density at radius 1 is 1.10 bits per heavy atom. The van der Waals surface area contributed by atoms with Crippen molar-refractivity contribution in [3.05, 3.63) is 69.7 Å². The van der Waals surface area contributed by atoms with Crippen molar-refractivity contribution in [2.75, 3.05) is 36.4 Å². The number of ether oxygens (including phenoxy) is 2. The van der Waals surface area contributed by atoms with Crippen LogP contribution in [0.1, 0.15) is 16.1 Å². The van der Waals surface area contributed by atoms with Gasteiger partial charge in [-0.3, -0.25) is 9.78 Å². The molecule has 1 aliphatic heterocycles. The van der Waals surface area contributed by atoms with Crippen LogP contribution < -0.4 is 20.7 Å². The average molecular weight is 564 g/mol. The number of piperazine rings is 1. The molecule has 0 atom stereocenters. The van der Waals surface area contributed by atoms with E-state index in [9.17, 15) is 27.6 Å². The fraction of sp³-hybridized carbons (Fsp3) is 0.250. The van der Waals surface area contributed by atoms with Crippen LogP contribution in [0, 0.1) is 0 Å². The molecule has 0 spiro atoms. The Morgan fingerprint density at radius 2 is 1.85 bits per heavy atom. The maximum atomic E-state index is 12.6. The number of carbonyl (C=O) groups excluding carboxylic acids is 2. The minimum Gasteiger partial charge on any atom is -0.445 e. The minimum absolute atomic E-state index is 0.0978. The van der Waals surface area contributed by atoms with Crippen molar-refractivity contribution in [3.63, 3.8) is 0 Å². The SMILES string of the molecule is O=C(Nc1ccc2[nH]c(=O)oc2c1)c1csc(N2CCN(C(=O)OCc3ccc(OC(F)(F)F)cc3)CC2)n1. The zero-order chi connectivity index (χ0) is 27.6. The van der Waals surface area contributed by atoms with Crippen molar-refractivity contribution in [1.82, 2.24) is 14.9 Å². The predicted molar refractivity (Wildman–Crippen MR) is 134 cm³/mol. The average Bonchev–Trinajstić information content (AvgIpc) is 3.53. The van der Waals surface area contributed by atoms with E-state index in [2.05, 4.69) is 20.0 Å². The van der Waals surface area contributed by atoms with Gasteiger partial charge in [0, 0.05) is 43.3 Å². The summed E-state index contributed by atoms with van der Waals surface area (Å²) >= 11 is 1.30. The second-order valence-electron chi connectivity index (χ2n) is 8.42. The number of H-pyrrole nitrogens is 1. The molecular formula is C24H20F3N5O6S. The minimum atomic E-state index is -4.78. The number of oxazole rings is 1. The highest BCUT2D eigenvalue weighted by molar-refractivity contribution is 7.14. The molecule has 0 radical (unpaired) electrons. The maximum absolute atomic E-state index is 12.6. The molecular weight excluding hydrogens is 543 g/mol. The Labute approximate surface area is 221 Å². The number of carbonyl (C=O) groups is 2. The molecule has 1 fully saturated rings. The summed E-state index contributed by atoms with van der Waals surface area (Å²) in [5.41, 5.74) is 2.02. The van der Waals surface area contributed by atoms with Crippen LogP contribution in [0.4, 0.5) is 28.8 Å². The van der Waals surface area contributed by atoms with E-state index in [-0.39, 0.29) is 18.1 Å². The van der Waals surface area contributed by atoms with Crippen molar-refractivity contribution in [3.8, 4) is 5.75 Å². The maximum Gasteiger partial charge on any atom is 0.573 e. The molecule has 2 N–H and O–H groups in total. The van der Waals surface area contributed by atoms with Gasteiger partial charge in [0.05, 0.1) is 5.52 Å². The fourth-order valence-corrected chi connectivity index (χ4v) is 4.70. The van der Waals surface area contributed by atoms with Gasteiger partial charge in [-0.25, -0.2) is 14.6 Å². The number of amides is 2. The van der Waals surface area contributed by atoms with Gasteiger partial charge in [-0.05, 0) is 29.8 Å². The first-order valence-electron chi connectivity index (χ1n) is 11.5. The molecule has 2 aromatic heterocycles. The van der Waals surface area contributed by atoms with Crippen LogP contribution in [-0.2, 0) is 11.3 Å². The zero-order valence-corrected chi connectivity index (χ0v) is 20.8. The highest BCUT2D eigenvalue weighted by Crippen LogP contribution is 2.25. The number of rotatable bonds is 6. The van der Waals surface area contributed by atoms with Gasteiger partial charge in [-0.15, -0.1) is 24.5 Å². The first-order valence-corrected chi connectivity index (χ1v) is 12.4. The molecule has 5 rings (SSSR count). The summed E-state index contributed by atoms with van der Waals surface area (Å²) in [5, 5.41) is 4.98. The van der Waals surface area contributed by atoms with E-state index in [1.807, 2.05) is 4.90 Å². The van der Waals surface area contributed by atoms with Crippen LogP contribution in [0.25, 0.3) is 11.1 Å². The molecule has 4 aromatic rings. The molecule has 1 saturated heterocycles. The molecule has 0 unspecified atom stereocenters. The molecule has 1 aliphatic rings. The quantitative estimate of drug-likeness (QED) is 0.357. The van der Waals surface area contributed by atoms with Gasteiger partial charge in [0.2, 0.25) is 0 Å². The molecule has 39 heavy (non-hydrogen) atoms. The summed E-state index contributed by atoms with van der Waals surface area (Å²) in [5.74, 6) is -1.36. The predicted octanol–water partition coefficient (Wildman–Crippen LogP) is 4.19. The number of nitrogens with zero attached hydrogens (tertiary/aromatic N) is 3. The van der Waals surface area contributed by atoms with E-state index in [0.29, 0.717) is 53.7 Å². The summed E-state index contributed by atoms with van der Waals surface area (Å²) in [6.45, 7) is 1.56. The van der Waals surface area contributed by atoms with Gasteiger partial charge < -0.3 is 29.0 Å². The lowest BCUT2D eigenvalue weighted by Crippen LogP contribution is -2.48. The molecule has 204 valence electrons. The number of aromatic amines is 1. The molecule has 0 aliphatic carbocycles. The third-order valence-electron chi connectivity index (χ3n) is 5.73. The van der Waals surface area contributed by atoms with Gasteiger partial charge in [0.15, 0.2) is 10.7 Å². The van der Waals surface area contributed by atoms with Crippen LogP contribution in [-0.4, -0.2) is 59.4 Å². The third-order valence-corrected chi connectivity index (χ3v) is 6.63. The number of anilines is 2. The van der Waals surface area contributed by atoms with E-state index in [0.717, 1.165) is 12.1 Å². The van der Waals surface area contributed by atoms with Gasteiger partial charge in [-0.2, -0.15) is 0 Å². The molecule has 15 heteroatoms. The Morgan fingerprint density at radius 3 is 2.56 bits per heavy atom. The Hall–Kier alpha value is -4.53. The van der Waals surface area contributed by atoms with Crippen LogP contribution in [0.5, 0.6) is 5.75 Å². The van der Waals surface area contributed by atoms with E-state index in [4.69, 9.17) is 9.15 Å². The van der Waals surface area contributed by atoms with Crippen molar-refractivity contribution in [2.45, 2.75) is 13.0 Å². The number of thiazole rings is 1. The first kappa shape index (κ1) is 26.1. The van der Waals surface area contributed by atoms with E-state index < -0.39 is 24.1 Å². The second-order valence-corrected chi connectivity index (χ2v) is 9.25. The molecule has 0 bridgehead atoms. The first-order chi connectivity index (χ1) is 18.6. The van der Waals surface area contributed by atoms with Crippen LogP contribution in [0.2, 0.25) is 0 Å². The van der Waals surface area contributed by atoms with E-state index in [1.54, 1.807) is 17.5 Å². The lowest BCUT2D eigenvalue weighted by atomic mass is 10.2. The number of hydrogen-bond donors (Lipinski definition) is 2. The van der Waals surface area contributed by atoms with Gasteiger partial charge in [-0.1, -0.05) is 12.1 Å². The van der Waals surface area contributed by atoms with Crippen LogP contribution in [0.15, 0.2) is 57.1 Å². The van der Waals surface area contributed by atoms with Crippen LogP contribution in [0.3, 0.4) is 0 Å². The topological polar surface area (TPSA) is 130 Å². The summed E-state index contributed by atoms with van der Waals surface area (Å²) < 4.78 is 50.9. The van der Waals surface area contributed by atoms with E-state index in [1.165, 1.54) is 34.4 Å². The monoisotopic (exact) mass is 563 g/mol. The van der Waals surface area contributed by atoms with Gasteiger partial charge in [0.25, 0.3) is 5.91 Å². The summed E-state index contributed by atoms with van der Waals surface area (Å²) in [6, 6.07) is 9.87. The number of alkyl halides is 3. The summed E-state index contributed by atoms with van der Waals surface area (Å²) in [4.78, 5) is 46.8. The van der Waals surface area contributed by atoms with Crippen molar-refractivity contribution in [1.29, 1.82) is 0 Å². The van der Waals surface area contributed by atoms with Crippen molar-refractivity contribution < 1.29 is 36.7 Å². The lowest BCUT2D eigenvalue weighted by Gasteiger charge is -2.33.